The summed E-state index contributed by atoms with van der Waals surface area (Å²) in [6.45, 7) is 0. The van der Waals surface area contributed by atoms with E-state index in [0.717, 1.165) is 10.5 Å². The summed E-state index contributed by atoms with van der Waals surface area (Å²) >= 11 is 0. The number of amides is 3. The Kier molecular flexibility index (Phi) is 3.94. The second kappa shape index (κ2) is 5.93. The highest BCUT2D eigenvalue weighted by Gasteiger charge is 2.34. The molecule has 1 aliphatic heterocycles. The van der Waals surface area contributed by atoms with Crippen LogP contribution in [0.1, 0.15) is 5.56 Å². The Morgan fingerprint density at radius 2 is 1.75 bits per heavy atom. The number of carbonyl (C=O) groups excluding carboxylic acids is 2. The van der Waals surface area contributed by atoms with Crippen molar-refractivity contribution in [1.82, 2.24) is 10.3 Å². The first-order valence-corrected chi connectivity index (χ1v) is 9.19. The van der Waals surface area contributed by atoms with Gasteiger partial charge in [-0.2, -0.15) is 0 Å². The molecule has 0 spiro atoms. The molecule has 3 rings (SSSR count). The molecule has 0 bridgehead atoms. The van der Waals surface area contributed by atoms with Crippen LogP contribution in [0.4, 0.5) is 10.5 Å². The second-order valence-electron chi connectivity index (χ2n) is 5.41. The Morgan fingerprint density at radius 1 is 1.12 bits per heavy atom. The third-order valence-electron chi connectivity index (χ3n) is 3.49. The summed E-state index contributed by atoms with van der Waals surface area (Å²) in [6, 6.07) is 9.31. The molecule has 2 heterocycles. The number of hydrogen-bond acceptors (Lipinski definition) is 4. The lowest BCUT2D eigenvalue weighted by molar-refractivity contribution is -0.113. The number of aromatic nitrogens is 1. The summed E-state index contributed by atoms with van der Waals surface area (Å²) in [4.78, 5) is 30.1. The Balaban J connectivity index is 1.91. The zero-order valence-corrected chi connectivity index (χ0v) is 13.7. The fraction of sp³-hybridized carbons (Fsp3) is 0.0588. The average molecular weight is 341 g/mol. The van der Waals surface area contributed by atoms with Gasteiger partial charge in [0.05, 0.1) is 5.69 Å². The van der Waals surface area contributed by atoms with Crippen molar-refractivity contribution in [1.29, 1.82) is 0 Å². The highest BCUT2D eigenvalue weighted by molar-refractivity contribution is 7.99. The van der Waals surface area contributed by atoms with Gasteiger partial charge in [0.2, 0.25) is 0 Å². The maximum Gasteiger partial charge on any atom is 0.333 e. The molecule has 1 atom stereocenters. The minimum Gasteiger partial charge on any atom is -0.302 e. The topological polar surface area (TPSA) is 79.4 Å². The molecule has 0 aliphatic carbocycles. The number of rotatable bonds is 3. The van der Waals surface area contributed by atoms with E-state index in [2.05, 4.69) is 16.2 Å². The number of hydrogen-bond donors (Lipinski definition) is 1. The molecule has 1 N–H and O–H groups in total. The number of nitrogens with zero attached hydrogens (tertiary/aromatic N) is 2. The van der Waals surface area contributed by atoms with E-state index in [1.807, 2.05) is 0 Å². The van der Waals surface area contributed by atoms with Crippen LogP contribution in [0.25, 0.3) is 6.08 Å². The highest BCUT2D eigenvalue weighted by Crippen LogP contribution is 2.23. The Hall–Kier alpha value is -2.93. The third-order valence-corrected chi connectivity index (χ3v) is 4.76. The molecule has 7 heteroatoms. The highest BCUT2D eigenvalue weighted by atomic mass is 32.2. The zero-order chi connectivity index (χ0) is 17.3. The van der Waals surface area contributed by atoms with Gasteiger partial charge in [0.15, 0.2) is 0 Å². The molecule has 1 fully saturated rings. The smallest absolute Gasteiger partial charge is 0.302 e. The van der Waals surface area contributed by atoms with Gasteiger partial charge in [-0.05, 0) is 63.4 Å². The fourth-order valence-electron chi connectivity index (χ4n) is 2.28. The van der Waals surface area contributed by atoms with Gasteiger partial charge in [-0.1, -0.05) is 0 Å². The van der Waals surface area contributed by atoms with E-state index in [4.69, 9.17) is 0 Å². The summed E-state index contributed by atoms with van der Waals surface area (Å²) < 4.78 is 11.9. The molecular weight excluding hydrogens is 326 g/mol. The first kappa shape index (κ1) is 15.9. The second-order valence-corrected chi connectivity index (χ2v) is 7.89. The van der Waals surface area contributed by atoms with Crippen LogP contribution >= 0.6 is 0 Å². The predicted molar refractivity (Wildman–Crippen MR) is 94.1 cm³/mol. The lowest BCUT2D eigenvalue weighted by Crippen LogP contribution is -2.30. The molecule has 1 saturated heterocycles. The van der Waals surface area contributed by atoms with Gasteiger partial charge in [-0.25, -0.2) is 9.69 Å². The maximum atomic E-state index is 12.5. The molecule has 1 aliphatic rings. The lowest BCUT2D eigenvalue weighted by Gasteiger charge is -2.12. The van der Waals surface area contributed by atoms with E-state index >= 15 is 0 Å². The van der Waals surface area contributed by atoms with Gasteiger partial charge in [-0.3, -0.25) is 14.0 Å². The summed E-state index contributed by atoms with van der Waals surface area (Å²) in [6.07, 6.45) is 6.33. The van der Waals surface area contributed by atoms with Crippen molar-refractivity contribution in [2.45, 2.75) is 4.90 Å². The number of benzene rings is 1. The first-order chi connectivity index (χ1) is 11.4. The van der Waals surface area contributed by atoms with Gasteiger partial charge in [-0.15, -0.1) is 0 Å². The minimum absolute atomic E-state index is 0.187. The summed E-state index contributed by atoms with van der Waals surface area (Å²) in [5.41, 5.74) is 1.35. The first-order valence-electron chi connectivity index (χ1n) is 7.06. The van der Waals surface area contributed by atoms with E-state index in [1.54, 1.807) is 54.9 Å². The van der Waals surface area contributed by atoms with Gasteiger partial charge >= 0.3 is 6.03 Å². The van der Waals surface area contributed by atoms with Crippen molar-refractivity contribution in [3.05, 3.63) is 60.1 Å². The van der Waals surface area contributed by atoms with Gasteiger partial charge in [0.1, 0.15) is 5.70 Å². The summed E-state index contributed by atoms with van der Waals surface area (Å²) in [5, 5.41) is 2.55. The molecule has 2 aromatic rings. The molecular formula is C17H15N3O3S. The van der Waals surface area contributed by atoms with Gasteiger partial charge < -0.3 is 5.32 Å². The number of nitrogens with one attached hydrogen (secondary N) is 1. The molecule has 122 valence electrons. The van der Waals surface area contributed by atoms with E-state index in [1.165, 1.54) is 6.26 Å². The van der Waals surface area contributed by atoms with Crippen LogP contribution in [-0.4, -0.2) is 33.3 Å². The normalized spacial score (nSPS) is 18.5. The van der Waals surface area contributed by atoms with Crippen molar-refractivity contribution in [3.63, 3.8) is 0 Å². The minimum atomic E-state index is -2.34. The Labute approximate surface area is 139 Å². The van der Waals surface area contributed by atoms with E-state index < -0.39 is 21.5 Å². The van der Waals surface area contributed by atoms with Crippen molar-refractivity contribution in [3.8, 4) is 0 Å². The van der Waals surface area contributed by atoms with Crippen molar-refractivity contribution in [2.24, 2.45) is 0 Å². The fourth-order valence-corrected chi connectivity index (χ4v) is 2.99. The molecule has 0 radical (unpaired) electrons. The van der Waals surface area contributed by atoms with Crippen LogP contribution in [-0.2, 0) is 14.3 Å². The summed E-state index contributed by atoms with van der Waals surface area (Å²) in [5.74, 6) is 3.16. The van der Waals surface area contributed by atoms with Gasteiger partial charge in [0.25, 0.3) is 5.91 Å². The zero-order valence-electron chi connectivity index (χ0n) is 12.9. The number of anilines is 1. The van der Waals surface area contributed by atoms with E-state index in [0.29, 0.717) is 10.6 Å². The molecule has 3 amide bonds. The largest absolute Gasteiger partial charge is 0.333 e. The van der Waals surface area contributed by atoms with Crippen molar-refractivity contribution >= 4 is 39.1 Å². The van der Waals surface area contributed by atoms with Crippen LogP contribution < -0.4 is 10.2 Å². The van der Waals surface area contributed by atoms with Crippen LogP contribution in [0.15, 0.2) is 59.4 Å². The van der Waals surface area contributed by atoms with Crippen LogP contribution in [0, 0.1) is 0 Å². The molecule has 0 saturated carbocycles. The quantitative estimate of drug-likeness (QED) is 0.525. The SMILES string of the molecule is C=S(C)(=O)c1ccc(N2C(=O)NC(=Cc3ccncc3)C2=O)cc1. The molecule has 24 heavy (non-hydrogen) atoms. The number of carbonyl (C=O) groups is 2. The molecule has 1 aromatic carbocycles. The monoisotopic (exact) mass is 341 g/mol. The summed E-state index contributed by atoms with van der Waals surface area (Å²) in [7, 11) is -2.34. The predicted octanol–water partition coefficient (Wildman–Crippen LogP) is 1.88. The van der Waals surface area contributed by atoms with Gasteiger partial charge in [0, 0.05) is 23.5 Å². The standard InChI is InChI=1S/C17H15N3O3S/c1-24(2,23)14-5-3-13(4-6-14)20-16(21)15(19-17(20)22)11-12-7-9-18-10-8-12/h3-11H,1H2,2H3,(H,19,22). The van der Waals surface area contributed by atoms with Crippen molar-refractivity contribution < 1.29 is 13.8 Å². The molecule has 1 aromatic heterocycles. The van der Waals surface area contributed by atoms with E-state index in [-0.39, 0.29) is 5.70 Å². The van der Waals surface area contributed by atoms with Crippen molar-refractivity contribution in [2.75, 3.05) is 11.2 Å². The Morgan fingerprint density at radius 3 is 2.33 bits per heavy atom. The number of pyridine rings is 1. The number of urea groups is 1. The van der Waals surface area contributed by atoms with E-state index in [9.17, 15) is 13.8 Å². The lowest BCUT2D eigenvalue weighted by atomic mass is 10.2. The Bertz CT molecular complexity index is 933. The van der Waals surface area contributed by atoms with Crippen LogP contribution in [0.5, 0.6) is 0 Å². The maximum absolute atomic E-state index is 12.5. The molecule has 6 nitrogen and oxygen atoms in total. The third kappa shape index (κ3) is 3.07. The molecule has 1 unspecified atom stereocenters. The van der Waals surface area contributed by atoms with Crippen LogP contribution in [0.2, 0.25) is 0 Å². The van der Waals surface area contributed by atoms with Crippen LogP contribution in [0.3, 0.4) is 0 Å². The average Bonchev–Trinajstić information content (AvgIpc) is 2.82. The number of imide groups is 1.